The number of nitrogens with two attached hydrogens (primary N) is 1. The number of carboxylic acid groups (broad SMARTS) is 2. The van der Waals surface area contributed by atoms with Gasteiger partial charge in [0.15, 0.2) is 0 Å². The van der Waals surface area contributed by atoms with Crippen LogP contribution in [0.5, 0.6) is 5.75 Å². The average molecular weight is 332 g/mol. The molecule has 0 fully saturated rings. The summed E-state index contributed by atoms with van der Waals surface area (Å²) < 4.78 is 0. The van der Waals surface area contributed by atoms with Crippen LogP contribution in [-0.2, 0) is 0 Å². The number of aromatic hydroxyl groups is 1. The molecule has 0 bridgehead atoms. The van der Waals surface area contributed by atoms with Gasteiger partial charge in [0.05, 0.1) is 0 Å². The molecule has 24 heavy (non-hydrogen) atoms. The van der Waals surface area contributed by atoms with E-state index in [1.807, 2.05) is 4.98 Å². The molecule has 0 aliphatic rings. The second kappa shape index (κ2) is 6.07. The molecule has 126 valence electrons. The van der Waals surface area contributed by atoms with Crippen molar-refractivity contribution in [2.45, 2.75) is 19.8 Å². The summed E-state index contributed by atoms with van der Waals surface area (Å²) in [5.41, 5.74) is 3.14. The van der Waals surface area contributed by atoms with Gasteiger partial charge < -0.3 is 26.0 Å². The van der Waals surface area contributed by atoms with Gasteiger partial charge in [-0.3, -0.25) is 4.79 Å². The van der Waals surface area contributed by atoms with Gasteiger partial charge in [-0.15, -0.1) is 0 Å². The first-order valence-electron chi connectivity index (χ1n) is 7.01. The molecule has 0 unspecified atom stereocenters. The summed E-state index contributed by atoms with van der Waals surface area (Å²) in [5, 5.41) is 29.2. The number of phenolic OH excluding ortho intramolecular Hbond substituents is 1. The highest BCUT2D eigenvalue weighted by molar-refractivity contribution is 6.08. The lowest BCUT2D eigenvalue weighted by Crippen LogP contribution is -2.24. The van der Waals surface area contributed by atoms with E-state index in [0.717, 1.165) is 0 Å². The number of aromatic carboxylic acids is 2. The molecule has 8 nitrogen and oxygen atoms in total. The van der Waals surface area contributed by atoms with Crippen molar-refractivity contribution >= 4 is 17.8 Å². The van der Waals surface area contributed by atoms with E-state index in [1.165, 1.54) is 6.07 Å². The maximum Gasteiger partial charge on any atom is 0.342 e. The Labute approximate surface area is 136 Å². The molecule has 0 atom stereocenters. The summed E-state index contributed by atoms with van der Waals surface area (Å²) >= 11 is 0. The van der Waals surface area contributed by atoms with Crippen LogP contribution in [0.4, 0.5) is 5.82 Å². The van der Waals surface area contributed by atoms with E-state index in [4.69, 9.17) is 5.73 Å². The number of hydrogen-bond acceptors (Lipinski definition) is 5. The Bertz CT molecular complexity index is 898. The Kier molecular flexibility index (Phi) is 4.32. The maximum absolute atomic E-state index is 12.0. The zero-order valence-corrected chi connectivity index (χ0v) is 13.0. The lowest BCUT2D eigenvalue weighted by molar-refractivity contribution is 0.0695. The Morgan fingerprint density at radius 2 is 1.71 bits per heavy atom. The van der Waals surface area contributed by atoms with Crippen LogP contribution in [0.1, 0.15) is 46.0 Å². The third-order valence-electron chi connectivity index (χ3n) is 3.63. The third kappa shape index (κ3) is 2.69. The number of anilines is 1. The third-order valence-corrected chi connectivity index (χ3v) is 3.63. The normalized spacial score (nSPS) is 10.8. The first-order chi connectivity index (χ1) is 11.2. The highest BCUT2D eigenvalue weighted by Gasteiger charge is 2.28. The van der Waals surface area contributed by atoms with E-state index < -0.39 is 40.0 Å². The molecule has 0 aliphatic carbocycles. The van der Waals surface area contributed by atoms with Crippen LogP contribution < -0.4 is 11.3 Å². The minimum Gasteiger partial charge on any atom is -0.507 e. The molecule has 2 aromatic rings. The van der Waals surface area contributed by atoms with Crippen molar-refractivity contribution < 1.29 is 24.9 Å². The lowest BCUT2D eigenvalue weighted by Gasteiger charge is -2.16. The summed E-state index contributed by atoms with van der Waals surface area (Å²) in [6.45, 7) is 3.61. The van der Waals surface area contributed by atoms with E-state index in [-0.39, 0.29) is 17.2 Å². The van der Waals surface area contributed by atoms with Crippen LogP contribution in [-0.4, -0.2) is 32.2 Å². The smallest absolute Gasteiger partial charge is 0.342 e. The molecule has 0 aliphatic heterocycles. The number of aromatic nitrogens is 1. The number of pyridine rings is 1. The number of nitrogens with one attached hydrogen (secondary N) is 1. The van der Waals surface area contributed by atoms with Crippen LogP contribution in [0.15, 0.2) is 23.0 Å². The molecule has 0 spiro atoms. The molecule has 0 saturated carbocycles. The monoisotopic (exact) mass is 332 g/mol. The van der Waals surface area contributed by atoms with Crippen molar-refractivity contribution in [1.29, 1.82) is 0 Å². The van der Waals surface area contributed by atoms with Gasteiger partial charge in [-0.05, 0) is 11.5 Å². The van der Waals surface area contributed by atoms with E-state index in [1.54, 1.807) is 26.0 Å². The molecular formula is C16H16N2O6. The minimum atomic E-state index is -1.62. The second-order valence-electron chi connectivity index (χ2n) is 5.50. The second-order valence-corrected chi connectivity index (χ2v) is 5.50. The van der Waals surface area contributed by atoms with Crippen molar-refractivity contribution in [1.82, 2.24) is 4.98 Å². The van der Waals surface area contributed by atoms with Gasteiger partial charge in [0.1, 0.15) is 22.7 Å². The molecule has 2 rings (SSSR count). The van der Waals surface area contributed by atoms with Gasteiger partial charge >= 0.3 is 11.9 Å². The molecule has 8 heteroatoms. The van der Waals surface area contributed by atoms with Crippen LogP contribution in [0.25, 0.3) is 11.1 Å². The zero-order valence-electron chi connectivity index (χ0n) is 13.0. The van der Waals surface area contributed by atoms with Crippen molar-refractivity contribution in [2.75, 3.05) is 5.73 Å². The van der Waals surface area contributed by atoms with Crippen LogP contribution >= 0.6 is 0 Å². The van der Waals surface area contributed by atoms with Gasteiger partial charge in [-0.25, -0.2) is 9.59 Å². The first-order valence-corrected chi connectivity index (χ1v) is 7.01. The van der Waals surface area contributed by atoms with Gasteiger partial charge in [-0.1, -0.05) is 32.0 Å². The lowest BCUT2D eigenvalue weighted by atomic mass is 9.91. The topological polar surface area (TPSA) is 154 Å². The molecule has 1 heterocycles. The van der Waals surface area contributed by atoms with E-state index in [0.29, 0.717) is 5.56 Å². The molecule has 6 N–H and O–H groups in total. The predicted octanol–water partition coefficient (Wildman–Crippen LogP) is 1.85. The Morgan fingerprint density at radius 3 is 2.21 bits per heavy atom. The SMILES string of the molecule is CC(C)c1cccc(-c2c(C(=O)O)c(N)[nH]c(=O)c2C(=O)O)c1O. The summed E-state index contributed by atoms with van der Waals surface area (Å²) in [6, 6.07) is 4.51. The van der Waals surface area contributed by atoms with Crippen LogP contribution in [0.3, 0.4) is 0 Å². The maximum atomic E-state index is 12.0. The molecule has 1 aromatic heterocycles. The minimum absolute atomic E-state index is 0.0752. The van der Waals surface area contributed by atoms with Gasteiger partial charge in [0, 0.05) is 11.1 Å². The number of carboxylic acids is 2. The van der Waals surface area contributed by atoms with Crippen molar-refractivity contribution in [3.63, 3.8) is 0 Å². The van der Waals surface area contributed by atoms with E-state index >= 15 is 0 Å². The molecule has 0 amide bonds. The zero-order chi connectivity index (χ0) is 18.2. The summed E-state index contributed by atoms with van der Waals surface area (Å²) in [7, 11) is 0. The molecular weight excluding hydrogens is 316 g/mol. The number of nitrogen functional groups attached to an aromatic ring is 1. The number of carbonyl (C=O) groups is 2. The Morgan fingerprint density at radius 1 is 1.12 bits per heavy atom. The number of phenols is 1. The van der Waals surface area contributed by atoms with Crippen molar-refractivity contribution in [3.8, 4) is 16.9 Å². The van der Waals surface area contributed by atoms with Gasteiger partial charge in [0.2, 0.25) is 0 Å². The quantitative estimate of drug-likeness (QED) is 0.572. The number of rotatable bonds is 4. The van der Waals surface area contributed by atoms with E-state index in [2.05, 4.69) is 0 Å². The predicted molar refractivity (Wildman–Crippen MR) is 86.6 cm³/mol. The van der Waals surface area contributed by atoms with Crippen LogP contribution in [0.2, 0.25) is 0 Å². The summed E-state index contributed by atoms with van der Waals surface area (Å²) in [6.07, 6.45) is 0. The Hall–Kier alpha value is -3.29. The average Bonchev–Trinajstić information content (AvgIpc) is 2.45. The number of aromatic amines is 1. The van der Waals surface area contributed by atoms with Crippen molar-refractivity contribution in [2.24, 2.45) is 0 Å². The fraction of sp³-hybridized carbons (Fsp3) is 0.188. The summed E-state index contributed by atoms with van der Waals surface area (Å²) in [5.74, 6) is -4.02. The number of para-hydroxylation sites is 1. The highest BCUT2D eigenvalue weighted by Crippen LogP contribution is 2.39. The van der Waals surface area contributed by atoms with Crippen molar-refractivity contribution in [3.05, 3.63) is 45.2 Å². The highest BCUT2D eigenvalue weighted by atomic mass is 16.4. The number of benzene rings is 1. The summed E-state index contributed by atoms with van der Waals surface area (Å²) in [4.78, 5) is 37.1. The number of hydrogen-bond donors (Lipinski definition) is 5. The molecule has 1 aromatic carbocycles. The van der Waals surface area contributed by atoms with E-state index in [9.17, 15) is 29.7 Å². The first kappa shape index (κ1) is 17.1. The largest absolute Gasteiger partial charge is 0.507 e. The number of H-pyrrole nitrogens is 1. The standard InChI is InChI=1S/C16H16N2O6/c1-6(2)7-4-3-5-8(12(7)19)9-10(15(21)22)13(17)18-14(20)11(9)16(23)24/h3-6,19H,1-2H3,(H,21,22)(H,23,24)(H3,17,18,20). The fourth-order valence-corrected chi connectivity index (χ4v) is 2.55. The van der Waals surface area contributed by atoms with Gasteiger partial charge in [-0.2, -0.15) is 0 Å². The Balaban J connectivity index is 3.03. The fourth-order valence-electron chi connectivity index (χ4n) is 2.55. The van der Waals surface area contributed by atoms with Crippen LogP contribution in [0, 0.1) is 0 Å². The van der Waals surface area contributed by atoms with Gasteiger partial charge in [0.25, 0.3) is 5.56 Å². The molecule has 0 radical (unpaired) electrons. The molecule has 0 saturated heterocycles.